The molecule has 0 radical (unpaired) electrons. The van der Waals surface area contributed by atoms with Gasteiger partial charge in [-0.25, -0.2) is 23.5 Å². The summed E-state index contributed by atoms with van der Waals surface area (Å²) in [5, 5.41) is 13.1. The van der Waals surface area contributed by atoms with Gasteiger partial charge in [0.2, 0.25) is 0 Å². The van der Waals surface area contributed by atoms with Crippen molar-refractivity contribution in [3.63, 3.8) is 0 Å². The number of carboxylic acid groups (broad SMARTS) is 1. The van der Waals surface area contributed by atoms with E-state index < -0.39 is 12.5 Å². The first-order valence-electron chi connectivity index (χ1n) is 11.2. The number of amides is 2. The smallest absolute Gasteiger partial charge is 0.327 e. The van der Waals surface area contributed by atoms with Gasteiger partial charge in [0.05, 0.1) is 16.9 Å². The quantitative estimate of drug-likeness (QED) is 0.487. The highest BCUT2D eigenvalue weighted by atomic mass is 19.3. The van der Waals surface area contributed by atoms with Gasteiger partial charge in [0, 0.05) is 62.1 Å². The van der Waals surface area contributed by atoms with E-state index in [0.717, 1.165) is 30.9 Å². The number of carbonyl (C=O) groups is 2. The Hall–Kier alpha value is -3.80. The normalized spacial score (nSPS) is 17.2. The second-order valence-corrected chi connectivity index (χ2v) is 8.47. The van der Waals surface area contributed by atoms with E-state index in [2.05, 4.69) is 32.4 Å². The van der Waals surface area contributed by atoms with Crippen LogP contribution in [0.15, 0.2) is 30.7 Å². The highest BCUT2D eigenvalue weighted by Crippen LogP contribution is 2.35. The molecule has 2 aliphatic rings. The molecule has 35 heavy (non-hydrogen) atoms. The lowest BCUT2D eigenvalue weighted by molar-refractivity contribution is -0.122. The van der Waals surface area contributed by atoms with Crippen molar-refractivity contribution >= 4 is 35.3 Å². The Morgan fingerprint density at radius 1 is 1.34 bits per heavy atom. The molecule has 0 aromatic carbocycles. The van der Waals surface area contributed by atoms with E-state index in [4.69, 9.17) is 9.90 Å². The molecular weight excluding hydrogens is 460 g/mol. The van der Waals surface area contributed by atoms with Gasteiger partial charge < -0.3 is 25.0 Å². The number of aryl methyl sites for hydroxylation is 1. The summed E-state index contributed by atoms with van der Waals surface area (Å²) < 4.78 is 28.7. The number of piperazine rings is 1. The van der Waals surface area contributed by atoms with Crippen molar-refractivity contribution in [2.45, 2.75) is 32.7 Å². The molecule has 5 rings (SSSR count). The van der Waals surface area contributed by atoms with Crippen LogP contribution in [0.2, 0.25) is 0 Å². The van der Waals surface area contributed by atoms with E-state index in [1.54, 1.807) is 30.4 Å². The van der Waals surface area contributed by atoms with Crippen molar-refractivity contribution in [1.29, 1.82) is 0 Å². The molecule has 0 bridgehead atoms. The van der Waals surface area contributed by atoms with Crippen molar-refractivity contribution < 1.29 is 23.5 Å². The van der Waals surface area contributed by atoms with E-state index in [1.165, 1.54) is 10.5 Å². The summed E-state index contributed by atoms with van der Waals surface area (Å²) in [6.07, 6.45) is 2.98. The molecule has 2 aliphatic heterocycles. The number of halogens is 2. The highest BCUT2D eigenvalue weighted by molar-refractivity contribution is 6.03. The number of nitrogens with zero attached hydrogens (tertiary/aromatic N) is 5. The summed E-state index contributed by atoms with van der Waals surface area (Å²) in [6, 6.07) is 3.29. The number of aromatic nitrogens is 3. The second-order valence-electron chi connectivity index (χ2n) is 8.47. The van der Waals surface area contributed by atoms with Crippen LogP contribution in [0, 0.1) is 6.92 Å². The summed E-state index contributed by atoms with van der Waals surface area (Å²) in [4.78, 5) is 34.0. The van der Waals surface area contributed by atoms with Gasteiger partial charge in [-0.05, 0) is 32.4 Å². The first kappa shape index (κ1) is 24.3. The number of carbonyl (C=O) groups excluding carboxylic acids is 1. The lowest BCUT2D eigenvalue weighted by Crippen LogP contribution is -2.49. The van der Waals surface area contributed by atoms with Crippen LogP contribution in [0.25, 0.3) is 5.65 Å². The van der Waals surface area contributed by atoms with Crippen LogP contribution in [-0.2, 0) is 11.2 Å². The summed E-state index contributed by atoms with van der Waals surface area (Å²) in [6.45, 7) is 6.83. The number of hydrogen-bond donors (Lipinski definition) is 3. The average molecular weight is 488 g/mol. The second kappa shape index (κ2) is 10.2. The number of rotatable bonds is 3. The maximum Gasteiger partial charge on any atom is 0.327 e. The van der Waals surface area contributed by atoms with Crippen LogP contribution in [0.4, 0.5) is 30.8 Å². The van der Waals surface area contributed by atoms with E-state index in [0.29, 0.717) is 30.5 Å². The summed E-state index contributed by atoms with van der Waals surface area (Å²) in [5.74, 6) is 0.625. The van der Waals surface area contributed by atoms with Gasteiger partial charge in [-0.1, -0.05) is 0 Å². The predicted molar refractivity (Wildman–Crippen MR) is 128 cm³/mol. The van der Waals surface area contributed by atoms with Gasteiger partial charge in [0.15, 0.2) is 0 Å². The molecule has 186 valence electrons. The Balaban J connectivity index is 0.000000917. The van der Waals surface area contributed by atoms with Crippen molar-refractivity contribution in [2.24, 2.45) is 0 Å². The van der Waals surface area contributed by atoms with E-state index >= 15 is 0 Å². The molecule has 3 aromatic rings. The fraction of sp³-hybridized carbons (Fsp3) is 0.391. The van der Waals surface area contributed by atoms with Gasteiger partial charge in [0.25, 0.3) is 12.9 Å². The minimum atomic E-state index is -2.70. The molecule has 10 nitrogen and oxygen atoms in total. The molecule has 1 atom stereocenters. The highest BCUT2D eigenvalue weighted by Gasteiger charge is 2.31. The lowest BCUT2D eigenvalue weighted by Gasteiger charge is -2.34. The lowest BCUT2D eigenvalue weighted by atomic mass is 10.1. The maximum absolute atomic E-state index is 13.6. The number of imidazole rings is 1. The standard InChI is InChI=1S/C22H25F2N7O.CH2O2/c1-13-10-29(8-6-25-13)18-3-5-26-20-16(18)4-7-31(20)22(32)28-15-9-17(19(23)24)21-27-14(2)11-30(21)12-15;2-1-3/h3,5,9,11-13,19,25H,4,6-8,10H2,1-2H3,(H,28,32);1H,(H,2,3)/t13-;/m0./s1. The number of alkyl halides is 2. The molecule has 12 heteroatoms. The molecule has 0 saturated carbocycles. The number of hydrogen-bond acceptors (Lipinski definition) is 6. The Morgan fingerprint density at radius 2 is 2.11 bits per heavy atom. The number of nitrogens with one attached hydrogen (secondary N) is 2. The molecule has 3 aromatic heterocycles. The van der Waals surface area contributed by atoms with Crippen LogP contribution in [0.3, 0.4) is 0 Å². The third-order valence-corrected chi connectivity index (χ3v) is 5.99. The third kappa shape index (κ3) is 5.02. The first-order chi connectivity index (χ1) is 16.8. The number of urea groups is 1. The van der Waals surface area contributed by atoms with Crippen molar-refractivity contribution in [2.75, 3.05) is 41.3 Å². The summed E-state index contributed by atoms with van der Waals surface area (Å²) >= 11 is 0. The fourth-order valence-electron chi connectivity index (χ4n) is 4.59. The summed E-state index contributed by atoms with van der Waals surface area (Å²) in [5.41, 5.74) is 3.04. The molecule has 1 fully saturated rings. The monoisotopic (exact) mass is 487 g/mol. The molecule has 2 amide bonds. The topological polar surface area (TPSA) is 115 Å². The molecule has 0 unspecified atom stereocenters. The third-order valence-electron chi connectivity index (χ3n) is 5.99. The van der Waals surface area contributed by atoms with Crippen molar-refractivity contribution in [3.8, 4) is 0 Å². The molecule has 0 aliphatic carbocycles. The van der Waals surface area contributed by atoms with Crippen LogP contribution in [0.5, 0.6) is 0 Å². The summed E-state index contributed by atoms with van der Waals surface area (Å²) in [7, 11) is 0. The van der Waals surface area contributed by atoms with Gasteiger partial charge in [-0.15, -0.1) is 0 Å². The van der Waals surface area contributed by atoms with Gasteiger partial charge in [-0.2, -0.15) is 0 Å². The fourth-order valence-corrected chi connectivity index (χ4v) is 4.59. The van der Waals surface area contributed by atoms with Crippen LogP contribution in [0.1, 0.15) is 30.2 Å². The Morgan fingerprint density at radius 3 is 2.83 bits per heavy atom. The van der Waals surface area contributed by atoms with E-state index in [-0.39, 0.29) is 23.4 Å². The minimum absolute atomic E-state index is 0.193. The van der Waals surface area contributed by atoms with Crippen molar-refractivity contribution in [3.05, 3.63) is 47.5 Å². The number of pyridine rings is 2. The Bertz CT molecular complexity index is 1230. The Labute approximate surface area is 200 Å². The van der Waals surface area contributed by atoms with Crippen LogP contribution >= 0.6 is 0 Å². The number of anilines is 3. The van der Waals surface area contributed by atoms with Gasteiger partial charge in [-0.3, -0.25) is 9.69 Å². The van der Waals surface area contributed by atoms with Gasteiger partial charge >= 0.3 is 6.03 Å². The molecule has 3 N–H and O–H groups in total. The van der Waals surface area contributed by atoms with Crippen LogP contribution in [-0.4, -0.2) is 64.2 Å². The average Bonchev–Trinajstić information content (AvgIpc) is 3.41. The minimum Gasteiger partial charge on any atom is -0.483 e. The maximum atomic E-state index is 13.6. The molecule has 5 heterocycles. The van der Waals surface area contributed by atoms with Gasteiger partial charge in [0.1, 0.15) is 11.5 Å². The van der Waals surface area contributed by atoms with Crippen molar-refractivity contribution in [1.82, 2.24) is 19.7 Å². The zero-order valence-corrected chi connectivity index (χ0v) is 19.4. The zero-order chi connectivity index (χ0) is 25.1. The number of fused-ring (bicyclic) bond motifs is 2. The van der Waals surface area contributed by atoms with E-state index in [9.17, 15) is 13.6 Å². The van der Waals surface area contributed by atoms with E-state index in [1.807, 2.05) is 6.07 Å². The van der Waals surface area contributed by atoms with Crippen LogP contribution < -0.4 is 20.4 Å². The molecule has 0 spiro atoms. The SMILES string of the molecule is Cc1cn2cc(NC(=O)N3CCc4c(N5CCN[C@@H](C)C5)ccnc43)cc(C(F)F)c2n1.O=CO. The zero-order valence-electron chi connectivity index (χ0n) is 19.4. The molecule has 1 saturated heterocycles. The predicted octanol–water partition coefficient (Wildman–Crippen LogP) is 3.07. The molecular formula is C23H27F2N7O3. The first-order valence-corrected chi connectivity index (χ1v) is 11.2. The largest absolute Gasteiger partial charge is 0.483 e. The Kier molecular flexibility index (Phi) is 7.10.